The number of carbonyl (C=O) groups is 2. The van der Waals surface area contributed by atoms with Gasteiger partial charge in [0.05, 0.1) is 0 Å². The van der Waals surface area contributed by atoms with Gasteiger partial charge in [-0.3, -0.25) is 9.59 Å². The molecule has 2 atom stereocenters. The van der Waals surface area contributed by atoms with Gasteiger partial charge in [0, 0.05) is 19.0 Å². The van der Waals surface area contributed by atoms with Crippen LogP contribution in [0, 0.1) is 5.92 Å². The Balaban J connectivity index is 2.06. The Morgan fingerprint density at radius 2 is 1.84 bits per heavy atom. The van der Waals surface area contributed by atoms with Crippen LogP contribution in [-0.2, 0) is 9.59 Å². The monoisotopic (exact) mass is 344 g/mol. The van der Waals surface area contributed by atoms with Crippen molar-refractivity contribution >= 4 is 11.8 Å². The summed E-state index contributed by atoms with van der Waals surface area (Å²) in [5, 5.41) is 3.14. The maximum Gasteiger partial charge on any atom is 0.247 e. The third kappa shape index (κ3) is 5.87. The van der Waals surface area contributed by atoms with E-state index in [1.165, 1.54) is 6.42 Å². The molecule has 1 aliphatic rings. The Labute approximate surface area is 152 Å². The minimum atomic E-state index is -0.512. The molecule has 1 N–H and O–H groups in total. The summed E-state index contributed by atoms with van der Waals surface area (Å²) < 4.78 is 0. The summed E-state index contributed by atoms with van der Waals surface area (Å²) in [5.41, 5.74) is 0.893. The minimum Gasteiger partial charge on any atom is -0.352 e. The number of hydrogen-bond donors (Lipinski definition) is 1. The van der Waals surface area contributed by atoms with Crippen molar-refractivity contribution in [1.29, 1.82) is 0 Å². The van der Waals surface area contributed by atoms with E-state index in [1.54, 1.807) is 4.90 Å². The van der Waals surface area contributed by atoms with Gasteiger partial charge in [-0.1, -0.05) is 57.0 Å². The van der Waals surface area contributed by atoms with E-state index in [0.29, 0.717) is 18.9 Å². The molecule has 2 amide bonds. The largest absolute Gasteiger partial charge is 0.352 e. The molecule has 0 bridgehead atoms. The van der Waals surface area contributed by atoms with Gasteiger partial charge in [-0.05, 0) is 37.7 Å². The lowest BCUT2D eigenvalue weighted by Gasteiger charge is -2.34. The molecule has 1 heterocycles. The third-order valence-corrected chi connectivity index (χ3v) is 4.84. The Morgan fingerprint density at radius 3 is 2.48 bits per heavy atom. The van der Waals surface area contributed by atoms with Crippen LogP contribution in [0.25, 0.3) is 0 Å². The van der Waals surface area contributed by atoms with Gasteiger partial charge in [0.1, 0.15) is 6.04 Å². The molecule has 1 aliphatic heterocycles. The standard InChI is InChI=1S/C21H32N2O2/c1-16(2)10-9-11-17(3)22-21(25)20(18-12-5-4-6-13-18)23-15-8-7-14-19(23)24/h4-6,12-13,16-17,20H,7-11,14-15H2,1-3H3,(H,22,25). The van der Waals surface area contributed by atoms with Gasteiger partial charge in [0.25, 0.3) is 0 Å². The van der Waals surface area contributed by atoms with Crippen molar-refractivity contribution in [3.8, 4) is 0 Å². The van der Waals surface area contributed by atoms with Crippen molar-refractivity contribution in [2.24, 2.45) is 5.92 Å². The SMILES string of the molecule is CC(C)CCCC(C)NC(=O)C(c1ccccc1)N1CCCCC1=O. The van der Waals surface area contributed by atoms with Gasteiger partial charge in [0.15, 0.2) is 0 Å². The molecule has 1 saturated heterocycles. The van der Waals surface area contributed by atoms with Crippen molar-refractivity contribution in [2.45, 2.75) is 71.4 Å². The van der Waals surface area contributed by atoms with Crippen molar-refractivity contribution < 1.29 is 9.59 Å². The molecule has 25 heavy (non-hydrogen) atoms. The van der Waals surface area contributed by atoms with Crippen molar-refractivity contribution in [2.75, 3.05) is 6.54 Å². The van der Waals surface area contributed by atoms with Crippen molar-refractivity contribution in [1.82, 2.24) is 10.2 Å². The third-order valence-electron chi connectivity index (χ3n) is 4.84. The molecular formula is C21H32N2O2. The lowest BCUT2D eigenvalue weighted by atomic mass is 9.99. The Morgan fingerprint density at radius 1 is 1.12 bits per heavy atom. The molecule has 4 nitrogen and oxygen atoms in total. The molecule has 1 fully saturated rings. The van der Waals surface area contributed by atoms with Crippen LogP contribution in [0.1, 0.15) is 70.9 Å². The molecule has 0 aliphatic carbocycles. The molecule has 0 saturated carbocycles. The summed E-state index contributed by atoms with van der Waals surface area (Å²) in [6.45, 7) is 7.15. The minimum absolute atomic E-state index is 0.0569. The molecule has 4 heteroatoms. The zero-order chi connectivity index (χ0) is 18.2. The van der Waals surface area contributed by atoms with Crippen molar-refractivity contribution in [3.63, 3.8) is 0 Å². The van der Waals surface area contributed by atoms with Crippen LogP contribution in [0.15, 0.2) is 30.3 Å². The van der Waals surface area contributed by atoms with Gasteiger partial charge in [-0.2, -0.15) is 0 Å². The average Bonchev–Trinajstić information content (AvgIpc) is 2.57. The number of nitrogens with one attached hydrogen (secondary N) is 1. The van der Waals surface area contributed by atoms with E-state index in [-0.39, 0.29) is 17.9 Å². The molecule has 1 aromatic carbocycles. The number of benzene rings is 1. The summed E-state index contributed by atoms with van der Waals surface area (Å²) in [6.07, 6.45) is 5.68. The zero-order valence-corrected chi connectivity index (χ0v) is 15.8. The first-order valence-corrected chi connectivity index (χ1v) is 9.64. The molecule has 2 rings (SSSR count). The Bertz CT molecular complexity index is 556. The van der Waals surface area contributed by atoms with Gasteiger partial charge in [-0.15, -0.1) is 0 Å². The quantitative estimate of drug-likeness (QED) is 0.773. The number of carbonyl (C=O) groups excluding carboxylic acids is 2. The summed E-state index contributed by atoms with van der Waals surface area (Å²) in [6, 6.07) is 9.28. The van der Waals surface area contributed by atoms with Gasteiger partial charge >= 0.3 is 0 Å². The molecule has 0 radical (unpaired) electrons. The second kappa shape index (κ2) is 9.59. The van der Waals surface area contributed by atoms with Crippen LogP contribution in [0.3, 0.4) is 0 Å². The lowest BCUT2D eigenvalue weighted by molar-refractivity contribution is -0.143. The fraction of sp³-hybridized carbons (Fsp3) is 0.619. The molecule has 138 valence electrons. The van der Waals surface area contributed by atoms with Crippen LogP contribution in [0.4, 0.5) is 0 Å². The van der Waals surface area contributed by atoms with E-state index in [1.807, 2.05) is 30.3 Å². The summed E-state index contributed by atoms with van der Waals surface area (Å²) in [4.78, 5) is 27.1. The summed E-state index contributed by atoms with van der Waals surface area (Å²) >= 11 is 0. The predicted molar refractivity (Wildman–Crippen MR) is 101 cm³/mol. The van der Waals surface area contributed by atoms with E-state index >= 15 is 0 Å². The maximum atomic E-state index is 13.0. The first-order valence-electron chi connectivity index (χ1n) is 9.64. The number of nitrogens with zero attached hydrogens (tertiary/aromatic N) is 1. The fourth-order valence-corrected chi connectivity index (χ4v) is 3.43. The zero-order valence-electron chi connectivity index (χ0n) is 15.8. The highest BCUT2D eigenvalue weighted by Crippen LogP contribution is 2.26. The highest BCUT2D eigenvalue weighted by Gasteiger charge is 2.32. The summed E-state index contributed by atoms with van der Waals surface area (Å²) in [5.74, 6) is 0.715. The normalized spacial score (nSPS) is 17.4. The first-order chi connectivity index (χ1) is 12.0. The number of likely N-dealkylation sites (tertiary alicyclic amines) is 1. The topological polar surface area (TPSA) is 49.4 Å². The van der Waals surface area contributed by atoms with Crippen LogP contribution < -0.4 is 5.32 Å². The Hall–Kier alpha value is -1.84. The second-order valence-corrected chi connectivity index (χ2v) is 7.59. The smallest absolute Gasteiger partial charge is 0.247 e. The molecule has 2 unspecified atom stereocenters. The maximum absolute atomic E-state index is 13.0. The fourth-order valence-electron chi connectivity index (χ4n) is 3.43. The highest BCUT2D eigenvalue weighted by molar-refractivity contribution is 5.89. The number of amides is 2. The number of piperidine rings is 1. The highest BCUT2D eigenvalue weighted by atomic mass is 16.2. The van der Waals surface area contributed by atoms with E-state index < -0.39 is 6.04 Å². The second-order valence-electron chi connectivity index (χ2n) is 7.59. The van der Waals surface area contributed by atoms with Crippen LogP contribution >= 0.6 is 0 Å². The van der Waals surface area contributed by atoms with Crippen molar-refractivity contribution in [3.05, 3.63) is 35.9 Å². The van der Waals surface area contributed by atoms with E-state index in [0.717, 1.165) is 31.2 Å². The predicted octanol–water partition coefficient (Wildman–Crippen LogP) is 4.07. The lowest BCUT2D eigenvalue weighted by Crippen LogP contribution is -2.47. The molecular weight excluding hydrogens is 312 g/mol. The van der Waals surface area contributed by atoms with E-state index in [4.69, 9.17) is 0 Å². The van der Waals surface area contributed by atoms with Gasteiger partial charge in [0.2, 0.25) is 11.8 Å². The Kier molecular flexibility index (Phi) is 7.48. The van der Waals surface area contributed by atoms with Crippen LogP contribution in [0.2, 0.25) is 0 Å². The van der Waals surface area contributed by atoms with E-state index in [9.17, 15) is 9.59 Å². The van der Waals surface area contributed by atoms with Crippen LogP contribution in [-0.4, -0.2) is 29.3 Å². The molecule has 0 aromatic heterocycles. The number of hydrogen-bond acceptors (Lipinski definition) is 2. The van der Waals surface area contributed by atoms with E-state index in [2.05, 4.69) is 26.1 Å². The average molecular weight is 344 g/mol. The van der Waals surface area contributed by atoms with Gasteiger partial charge in [-0.25, -0.2) is 0 Å². The first kappa shape index (κ1) is 19.5. The molecule has 0 spiro atoms. The number of rotatable bonds is 8. The molecule has 1 aromatic rings. The van der Waals surface area contributed by atoms with Crippen LogP contribution in [0.5, 0.6) is 0 Å². The van der Waals surface area contributed by atoms with Gasteiger partial charge < -0.3 is 10.2 Å². The summed E-state index contributed by atoms with van der Waals surface area (Å²) in [7, 11) is 0.